The largest absolute Gasteiger partial charge is 0.395 e. The smallest absolute Gasteiger partial charge is 0.180 e. The maximum absolute atomic E-state index is 12.7. The van der Waals surface area contributed by atoms with Crippen molar-refractivity contribution in [3.63, 3.8) is 0 Å². The van der Waals surface area contributed by atoms with Gasteiger partial charge in [0.25, 0.3) is 0 Å². The Bertz CT molecular complexity index is 1180. The van der Waals surface area contributed by atoms with E-state index in [1.165, 1.54) is 0 Å². The summed E-state index contributed by atoms with van der Waals surface area (Å²) < 4.78 is 25.4. The lowest BCUT2D eigenvalue weighted by molar-refractivity contribution is 0.270. The van der Waals surface area contributed by atoms with Crippen molar-refractivity contribution < 1.29 is 13.5 Å². The highest BCUT2D eigenvalue weighted by Gasteiger charge is 2.26. The van der Waals surface area contributed by atoms with Crippen molar-refractivity contribution in [3.05, 3.63) is 59.7 Å². The minimum Gasteiger partial charge on any atom is -0.395 e. The predicted octanol–water partition coefficient (Wildman–Crippen LogP) is 2.07. The third kappa shape index (κ3) is 4.12. The molecule has 0 aliphatic carbocycles. The minimum absolute atomic E-state index is 0.0375. The predicted molar refractivity (Wildman–Crippen MR) is 120 cm³/mol. The number of hydrogen-bond donors (Lipinski definition) is 3. The number of nitrogens with one attached hydrogen (secondary N) is 1. The molecule has 2 aromatic carbocycles. The van der Waals surface area contributed by atoms with Gasteiger partial charge in [0, 0.05) is 42.8 Å². The van der Waals surface area contributed by atoms with Crippen LogP contribution >= 0.6 is 0 Å². The molecule has 2 heterocycles. The first-order valence-electron chi connectivity index (χ1n) is 9.95. The van der Waals surface area contributed by atoms with Crippen molar-refractivity contribution >= 4 is 32.2 Å². The van der Waals surface area contributed by atoms with E-state index in [1.807, 2.05) is 42.2 Å². The van der Waals surface area contributed by atoms with E-state index in [4.69, 9.17) is 10.7 Å². The maximum atomic E-state index is 12.7. The average Bonchev–Trinajstić information content (AvgIpc) is 2.88. The fourth-order valence-electron chi connectivity index (χ4n) is 3.70. The molecule has 0 fully saturated rings. The van der Waals surface area contributed by atoms with Crippen LogP contribution in [0.1, 0.15) is 11.1 Å². The molecule has 1 unspecified atom stereocenters. The Morgan fingerprint density at radius 2 is 2.03 bits per heavy atom. The van der Waals surface area contributed by atoms with Crippen LogP contribution in [0.4, 0.5) is 11.5 Å². The number of aliphatic hydroxyl groups excluding tert-OH is 1. The highest BCUT2D eigenvalue weighted by molar-refractivity contribution is 7.91. The summed E-state index contributed by atoms with van der Waals surface area (Å²) >= 11 is 0. The molecular formula is C22H26N4O3S. The lowest BCUT2D eigenvalue weighted by atomic mass is 10.1. The third-order valence-corrected chi connectivity index (χ3v) is 7.15. The number of aromatic nitrogens is 1. The van der Waals surface area contributed by atoms with Gasteiger partial charge in [0.2, 0.25) is 0 Å². The first-order chi connectivity index (χ1) is 14.4. The number of sulfone groups is 1. The quantitative estimate of drug-likeness (QED) is 0.573. The number of nitrogens with two attached hydrogens (primary N) is 1. The molecule has 4 N–H and O–H groups in total. The Kier molecular flexibility index (Phi) is 5.64. The summed E-state index contributed by atoms with van der Waals surface area (Å²) in [5.41, 5.74) is 9.44. The Balaban J connectivity index is 1.76. The third-order valence-electron chi connectivity index (χ3n) is 5.36. The van der Waals surface area contributed by atoms with Crippen LogP contribution in [-0.2, 0) is 16.4 Å². The van der Waals surface area contributed by atoms with Crippen LogP contribution in [0.25, 0.3) is 10.9 Å². The van der Waals surface area contributed by atoms with Crippen LogP contribution < -0.4 is 16.0 Å². The standard InChI is InChI=1S/C22H26N4O3S/c1-15-6-7-19-18(10-15)20(24-12-17(23)14-27)11-22(25-19)26-8-9-30(28,29)21-5-3-2-4-16(21)13-26/h2-7,10-11,17,27H,8-9,12-14,23H2,1H3,(H,24,25). The number of aliphatic hydroxyl groups is 1. The molecule has 1 atom stereocenters. The number of anilines is 2. The van der Waals surface area contributed by atoms with Crippen molar-refractivity contribution in [3.8, 4) is 0 Å². The van der Waals surface area contributed by atoms with E-state index in [9.17, 15) is 13.5 Å². The van der Waals surface area contributed by atoms with Crippen molar-refractivity contribution in [2.75, 3.05) is 35.7 Å². The molecule has 8 heteroatoms. The molecule has 1 aliphatic rings. The number of pyridine rings is 1. The van der Waals surface area contributed by atoms with Crippen LogP contribution in [0.3, 0.4) is 0 Å². The first kappa shape index (κ1) is 20.6. The number of aryl methyl sites for hydroxylation is 1. The van der Waals surface area contributed by atoms with Gasteiger partial charge >= 0.3 is 0 Å². The SMILES string of the molecule is Cc1ccc2nc(N3CCS(=O)(=O)c4ccccc4C3)cc(NCC(N)CO)c2c1. The van der Waals surface area contributed by atoms with E-state index >= 15 is 0 Å². The molecule has 3 aromatic rings. The molecule has 0 bridgehead atoms. The van der Waals surface area contributed by atoms with Gasteiger partial charge in [0.05, 0.1) is 22.8 Å². The summed E-state index contributed by atoms with van der Waals surface area (Å²) in [5, 5.41) is 13.6. The van der Waals surface area contributed by atoms with Gasteiger partial charge in [-0.3, -0.25) is 0 Å². The zero-order valence-corrected chi connectivity index (χ0v) is 17.7. The second kappa shape index (κ2) is 8.22. The first-order valence-corrected chi connectivity index (χ1v) is 11.6. The summed E-state index contributed by atoms with van der Waals surface area (Å²) in [5.74, 6) is 0.744. The van der Waals surface area contributed by atoms with Crippen molar-refractivity contribution in [2.45, 2.75) is 24.4 Å². The molecule has 0 saturated carbocycles. The van der Waals surface area contributed by atoms with E-state index in [0.717, 1.165) is 27.7 Å². The molecule has 30 heavy (non-hydrogen) atoms. The zero-order chi connectivity index (χ0) is 21.3. The van der Waals surface area contributed by atoms with Gasteiger partial charge in [-0.15, -0.1) is 0 Å². The Labute approximate surface area is 176 Å². The van der Waals surface area contributed by atoms with E-state index in [-0.39, 0.29) is 18.4 Å². The topological polar surface area (TPSA) is 109 Å². The Morgan fingerprint density at radius 1 is 1.23 bits per heavy atom. The molecule has 1 aliphatic heterocycles. The van der Waals surface area contributed by atoms with E-state index < -0.39 is 9.84 Å². The average molecular weight is 427 g/mol. The van der Waals surface area contributed by atoms with Crippen LogP contribution in [0.15, 0.2) is 53.4 Å². The molecule has 4 rings (SSSR count). The normalized spacial score (nSPS) is 16.7. The monoisotopic (exact) mass is 426 g/mol. The number of benzene rings is 2. The van der Waals surface area contributed by atoms with Gasteiger partial charge in [-0.05, 0) is 30.7 Å². The van der Waals surface area contributed by atoms with Crippen LogP contribution in [0.5, 0.6) is 0 Å². The molecular weight excluding hydrogens is 400 g/mol. The molecule has 0 spiro atoms. The molecule has 0 saturated heterocycles. The van der Waals surface area contributed by atoms with Crippen LogP contribution in [0, 0.1) is 6.92 Å². The van der Waals surface area contributed by atoms with Gasteiger partial charge in [0.15, 0.2) is 9.84 Å². The van der Waals surface area contributed by atoms with Crippen LogP contribution in [-0.4, -0.2) is 50.0 Å². The molecule has 1 aromatic heterocycles. The summed E-state index contributed by atoms with van der Waals surface area (Å²) in [4.78, 5) is 7.22. The Morgan fingerprint density at radius 3 is 2.83 bits per heavy atom. The molecule has 7 nitrogen and oxygen atoms in total. The fraction of sp³-hybridized carbons (Fsp3) is 0.318. The van der Waals surface area contributed by atoms with Gasteiger partial charge < -0.3 is 21.1 Å². The number of fused-ring (bicyclic) bond motifs is 2. The summed E-state index contributed by atoms with van der Waals surface area (Å²) in [6.45, 7) is 3.16. The molecule has 0 radical (unpaired) electrons. The highest BCUT2D eigenvalue weighted by Crippen LogP contribution is 2.31. The maximum Gasteiger partial charge on any atom is 0.180 e. The van der Waals surface area contributed by atoms with Crippen molar-refractivity contribution in [1.29, 1.82) is 0 Å². The van der Waals surface area contributed by atoms with Crippen molar-refractivity contribution in [2.24, 2.45) is 5.73 Å². The highest BCUT2D eigenvalue weighted by atomic mass is 32.2. The second-order valence-corrected chi connectivity index (χ2v) is 9.80. The molecule has 0 amide bonds. The van der Waals surface area contributed by atoms with Gasteiger partial charge in [-0.25, -0.2) is 13.4 Å². The minimum atomic E-state index is -3.33. The summed E-state index contributed by atoms with van der Waals surface area (Å²) in [6.07, 6.45) is 0. The lowest BCUT2D eigenvalue weighted by Crippen LogP contribution is -2.32. The fourth-order valence-corrected chi connectivity index (χ4v) is 5.20. The van der Waals surface area contributed by atoms with E-state index in [0.29, 0.717) is 30.3 Å². The summed E-state index contributed by atoms with van der Waals surface area (Å²) in [6, 6.07) is 14.7. The number of hydrogen-bond acceptors (Lipinski definition) is 7. The van der Waals surface area contributed by atoms with E-state index in [1.54, 1.807) is 12.1 Å². The number of nitrogens with zero attached hydrogens (tertiary/aromatic N) is 2. The number of rotatable bonds is 5. The zero-order valence-electron chi connectivity index (χ0n) is 16.9. The van der Waals surface area contributed by atoms with E-state index in [2.05, 4.69) is 11.4 Å². The van der Waals surface area contributed by atoms with Gasteiger partial charge in [-0.2, -0.15) is 0 Å². The van der Waals surface area contributed by atoms with Gasteiger partial charge in [-0.1, -0.05) is 29.8 Å². The summed E-state index contributed by atoms with van der Waals surface area (Å²) in [7, 11) is -3.33. The Hall–Kier alpha value is -2.68. The second-order valence-electron chi connectivity index (χ2n) is 7.72. The molecule has 158 valence electrons. The van der Waals surface area contributed by atoms with Crippen molar-refractivity contribution in [1.82, 2.24) is 4.98 Å². The van der Waals surface area contributed by atoms with Crippen LogP contribution in [0.2, 0.25) is 0 Å². The lowest BCUT2D eigenvalue weighted by Gasteiger charge is -2.23. The van der Waals surface area contributed by atoms with Gasteiger partial charge in [0.1, 0.15) is 5.82 Å².